The Morgan fingerprint density at radius 1 is 1.18 bits per heavy atom. The minimum absolute atomic E-state index is 0.0617. The molecule has 0 saturated carbocycles. The topological polar surface area (TPSA) is 73.3 Å². The molecule has 0 unspecified atom stereocenters. The van der Waals surface area contributed by atoms with E-state index in [1.54, 1.807) is 17.0 Å². The summed E-state index contributed by atoms with van der Waals surface area (Å²) in [6, 6.07) is 14.9. The number of carbonyl (C=O) groups is 2. The van der Waals surface area contributed by atoms with E-state index in [-0.39, 0.29) is 11.7 Å². The van der Waals surface area contributed by atoms with Crippen molar-refractivity contribution in [3.8, 4) is 22.6 Å². The minimum Gasteiger partial charge on any atom is -0.508 e. The maximum atomic E-state index is 11.9. The average molecular weight is 536 g/mol. The monoisotopic (exact) mass is 535 g/mol. The molecule has 1 aliphatic rings. The predicted octanol–water partition coefficient (Wildman–Crippen LogP) is 4.84. The number of nitrogens with zero attached hydrogens (tertiary/aromatic N) is 3. The molecule has 1 fully saturated rings. The van der Waals surface area contributed by atoms with Crippen molar-refractivity contribution in [2.45, 2.75) is 12.5 Å². The van der Waals surface area contributed by atoms with E-state index in [1.807, 2.05) is 62.4 Å². The van der Waals surface area contributed by atoms with Crippen LogP contribution in [0.25, 0.3) is 21.9 Å². The van der Waals surface area contributed by atoms with Gasteiger partial charge in [-0.15, -0.1) is 0 Å². The van der Waals surface area contributed by atoms with Crippen molar-refractivity contribution in [3.05, 3.63) is 66.2 Å². The highest BCUT2D eigenvalue weighted by atomic mass is 35.5. The summed E-state index contributed by atoms with van der Waals surface area (Å²) in [5.74, 6) is 0.904. The van der Waals surface area contributed by atoms with Crippen LogP contribution in [-0.2, 0) is 9.59 Å². The number of rotatable bonds is 11. The maximum Gasteiger partial charge on any atom is 0.245 e. The smallest absolute Gasteiger partial charge is 0.245 e. The molecule has 1 heterocycles. The van der Waals surface area contributed by atoms with Crippen molar-refractivity contribution in [3.63, 3.8) is 0 Å². The van der Waals surface area contributed by atoms with Crippen LogP contribution < -0.4 is 9.64 Å². The van der Waals surface area contributed by atoms with Crippen molar-refractivity contribution < 1.29 is 19.4 Å². The molecule has 1 N–H and O–H groups in total. The summed E-state index contributed by atoms with van der Waals surface area (Å²) in [6.45, 7) is 6.26. The van der Waals surface area contributed by atoms with Gasteiger partial charge in [0.05, 0.1) is 10.7 Å². The van der Waals surface area contributed by atoms with Crippen LogP contribution in [0, 0.1) is 5.92 Å². The third kappa shape index (κ3) is 6.11. The van der Waals surface area contributed by atoms with Crippen LogP contribution in [0.1, 0.15) is 6.42 Å². The Balaban J connectivity index is 1.71. The van der Waals surface area contributed by atoms with E-state index in [9.17, 15) is 14.7 Å². The molecular weight excluding hydrogens is 502 g/mol. The van der Waals surface area contributed by atoms with Gasteiger partial charge in [-0.3, -0.25) is 9.59 Å². The molecule has 8 heteroatoms. The van der Waals surface area contributed by atoms with Crippen molar-refractivity contribution in [1.29, 1.82) is 0 Å². The lowest BCUT2D eigenvalue weighted by Crippen LogP contribution is -2.53. The number of benzene rings is 3. The number of amides is 1. The number of likely N-dealkylation sites (tertiary alicyclic amines) is 1. The Morgan fingerprint density at radius 2 is 1.92 bits per heavy atom. The van der Waals surface area contributed by atoms with Crippen molar-refractivity contribution in [1.82, 2.24) is 9.80 Å². The van der Waals surface area contributed by atoms with Crippen LogP contribution in [0.3, 0.4) is 0 Å². The molecule has 0 aliphatic carbocycles. The summed E-state index contributed by atoms with van der Waals surface area (Å²) in [5.41, 5.74) is 2.24. The van der Waals surface area contributed by atoms with Gasteiger partial charge in [0, 0.05) is 51.1 Å². The number of phenolic OH excluding ortho intramolecular Hbond substituents is 1. The fraction of sp³-hybridized carbons (Fsp3) is 0.333. The second-order valence-corrected chi connectivity index (χ2v) is 10.5. The van der Waals surface area contributed by atoms with Gasteiger partial charge in [0.2, 0.25) is 5.91 Å². The Hall–Kier alpha value is -3.55. The summed E-state index contributed by atoms with van der Waals surface area (Å²) in [7, 11) is 5.86. The molecule has 0 bridgehead atoms. The van der Waals surface area contributed by atoms with Gasteiger partial charge in [0.25, 0.3) is 0 Å². The Morgan fingerprint density at radius 3 is 2.61 bits per heavy atom. The SMILES string of the molecule is C=CC(=O)N1CC(CN(C)c2cc(Cl)c(-c3cc(O)cc4ccccc34)cc2O[C@H](C=O)CCN(C)C)C1. The number of halogens is 1. The first kappa shape index (κ1) is 27.5. The number of fused-ring (bicyclic) bond motifs is 1. The lowest BCUT2D eigenvalue weighted by atomic mass is 9.96. The number of aromatic hydroxyl groups is 1. The molecule has 0 radical (unpaired) electrons. The normalized spacial score (nSPS) is 14.3. The molecule has 1 atom stereocenters. The quantitative estimate of drug-likeness (QED) is 0.280. The zero-order valence-electron chi connectivity index (χ0n) is 22.1. The summed E-state index contributed by atoms with van der Waals surface area (Å²) < 4.78 is 6.30. The van der Waals surface area contributed by atoms with Crippen LogP contribution in [-0.4, -0.2) is 80.5 Å². The van der Waals surface area contributed by atoms with Crippen molar-refractivity contribution in [2.75, 3.05) is 52.2 Å². The van der Waals surface area contributed by atoms with E-state index >= 15 is 0 Å². The molecule has 38 heavy (non-hydrogen) atoms. The fourth-order valence-corrected chi connectivity index (χ4v) is 5.10. The molecule has 1 amide bonds. The third-order valence-electron chi connectivity index (χ3n) is 6.86. The molecule has 7 nitrogen and oxygen atoms in total. The number of carbonyl (C=O) groups excluding carboxylic acids is 2. The molecule has 1 aliphatic heterocycles. The van der Waals surface area contributed by atoms with Crippen LogP contribution in [0.2, 0.25) is 5.02 Å². The zero-order valence-corrected chi connectivity index (χ0v) is 22.8. The standard InChI is InChI=1S/C30H34ClN3O4/c1-5-30(37)34-17-20(18-34)16-33(4)28-15-27(31)26(14-29(28)38-23(19-35)10-11-32(2)3)25-13-22(36)12-21-8-6-7-9-24(21)25/h5-9,12-15,19-20,23,36H,1,10-11,16-18H2,2-4H3/t23-/m0/s1. The van der Waals surface area contributed by atoms with Gasteiger partial charge >= 0.3 is 0 Å². The molecule has 0 aromatic heterocycles. The van der Waals surface area contributed by atoms with Crippen LogP contribution in [0.4, 0.5) is 5.69 Å². The molecular formula is C30H34ClN3O4. The number of anilines is 1. The van der Waals surface area contributed by atoms with Crippen molar-refractivity contribution >= 4 is 40.3 Å². The van der Waals surface area contributed by atoms with E-state index < -0.39 is 6.10 Å². The van der Waals surface area contributed by atoms with E-state index in [0.29, 0.717) is 54.9 Å². The van der Waals surface area contributed by atoms with Gasteiger partial charge in [-0.1, -0.05) is 42.4 Å². The molecule has 4 rings (SSSR count). The van der Waals surface area contributed by atoms with Gasteiger partial charge in [-0.05, 0) is 60.8 Å². The van der Waals surface area contributed by atoms with E-state index in [2.05, 4.69) is 11.5 Å². The zero-order chi connectivity index (χ0) is 27.4. The summed E-state index contributed by atoms with van der Waals surface area (Å²) in [5, 5.41) is 12.8. The first-order valence-electron chi connectivity index (χ1n) is 12.6. The second-order valence-electron chi connectivity index (χ2n) is 10.1. The van der Waals surface area contributed by atoms with Gasteiger partial charge in [-0.25, -0.2) is 0 Å². The van der Waals surface area contributed by atoms with Gasteiger partial charge in [0.1, 0.15) is 11.5 Å². The van der Waals surface area contributed by atoms with Crippen LogP contribution in [0.15, 0.2) is 61.2 Å². The fourth-order valence-electron chi connectivity index (χ4n) is 4.84. The number of hydrogen-bond acceptors (Lipinski definition) is 6. The first-order chi connectivity index (χ1) is 18.2. The highest BCUT2D eigenvalue weighted by molar-refractivity contribution is 6.34. The summed E-state index contributed by atoms with van der Waals surface area (Å²) in [6.07, 6.45) is 2.07. The average Bonchev–Trinajstić information content (AvgIpc) is 2.87. The summed E-state index contributed by atoms with van der Waals surface area (Å²) in [4.78, 5) is 29.6. The lowest BCUT2D eigenvalue weighted by molar-refractivity contribution is -0.131. The van der Waals surface area contributed by atoms with Crippen LogP contribution >= 0.6 is 11.6 Å². The minimum atomic E-state index is -0.635. The highest BCUT2D eigenvalue weighted by Crippen LogP contribution is 2.43. The maximum absolute atomic E-state index is 11.9. The van der Waals surface area contributed by atoms with E-state index in [0.717, 1.165) is 28.3 Å². The number of hydrogen-bond donors (Lipinski definition) is 1. The van der Waals surface area contributed by atoms with Crippen LogP contribution in [0.5, 0.6) is 11.5 Å². The molecule has 200 valence electrons. The molecule has 1 saturated heterocycles. The predicted molar refractivity (Wildman–Crippen MR) is 153 cm³/mol. The first-order valence-corrected chi connectivity index (χ1v) is 13.0. The number of phenols is 1. The summed E-state index contributed by atoms with van der Waals surface area (Å²) >= 11 is 6.87. The lowest BCUT2D eigenvalue weighted by Gasteiger charge is -2.41. The number of ether oxygens (including phenoxy) is 1. The third-order valence-corrected chi connectivity index (χ3v) is 7.18. The Labute approximate surface area is 228 Å². The van der Waals surface area contributed by atoms with E-state index in [1.165, 1.54) is 6.08 Å². The highest BCUT2D eigenvalue weighted by Gasteiger charge is 2.31. The van der Waals surface area contributed by atoms with E-state index in [4.69, 9.17) is 16.3 Å². The molecule has 3 aromatic carbocycles. The van der Waals surface area contributed by atoms with Crippen molar-refractivity contribution in [2.24, 2.45) is 5.92 Å². The van der Waals surface area contributed by atoms with Gasteiger partial charge < -0.3 is 24.5 Å². The molecule has 3 aromatic rings. The second kappa shape index (κ2) is 11.9. The van der Waals surface area contributed by atoms with Gasteiger partial charge in [0.15, 0.2) is 12.4 Å². The van der Waals surface area contributed by atoms with Gasteiger partial charge in [-0.2, -0.15) is 0 Å². The number of aldehydes is 1. The molecule has 0 spiro atoms. The Bertz CT molecular complexity index is 1340. The Kier molecular flexibility index (Phi) is 8.59. The largest absolute Gasteiger partial charge is 0.508 e.